The third kappa shape index (κ3) is 21100. The highest BCUT2D eigenvalue weighted by Crippen LogP contribution is 2.03. The molecule has 74 valence electrons. The maximum atomic E-state index is 9.00. The van der Waals surface area contributed by atoms with Crippen LogP contribution in [0, 0.1) is 0 Å². The van der Waals surface area contributed by atoms with Gasteiger partial charge in [-0.05, 0) is 0 Å². The quantitative estimate of drug-likeness (QED) is 0.635. The van der Waals surface area contributed by atoms with Crippen molar-refractivity contribution in [2.45, 2.75) is 18.1 Å². The molecule has 0 rings (SSSR count). The topological polar surface area (TPSA) is 74.6 Å². The molecule has 0 amide bonds. The largest absolute Gasteiger partial charge is 0.481 e. The van der Waals surface area contributed by atoms with E-state index < -0.39 is 16.2 Å². The third-order valence-corrected chi connectivity index (χ3v) is 0. The average molecular weight is 239 g/mol. The van der Waals surface area contributed by atoms with Crippen molar-refractivity contribution in [3.05, 3.63) is 0 Å². The van der Waals surface area contributed by atoms with Crippen LogP contribution in [-0.4, -0.2) is 26.4 Å². The van der Waals surface area contributed by atoms with Crippen LogP contribution in [0.5, 0.6) is 0 Å². The first kappa shape index (κ1) is 17.8. The Morgan fingerprint density at radius 1 is 1.00 bits per heavy atom. The number of carboxylic acid groups (broad SMARTS) is 2. The predicted octanol–water partition coefficient (Wildman–Crippen LogP) is 2.17. The Morgan fingerprint density at radius 3 is 1.00 bits per heavy atom. The van der Waals surface area contributed by atoms with Crippen LogP contribution >= 0.6 is 34.8 Å². The molecule has 0 aliphatic carbocycles. The van der Waals surface area contributed by atoms with E-state index in [9.17, 15) is 0 Å². The summed E-state index contributed by atoms with van der Waals surface area (Å²) in [5.41, 5.74) is 0. The Hall–Kier alpha value is -0.190. The van der Waals surface area contributed by atoms with Gasteiger partial charge in [0, 0.05) is 13.8 Å². The molecule has 12 heavy (non-hydrogen) atoms. The lowest BCUT2D eigenvalue weighted by Gasteiger charge is -1.69. The molecule has 0 aliphatic heterocycles. The summed E-state index contributed by atoms with van der Waals surface area (Å²) in [6, 6.07) is 0. The Labute approximate surface area is 85.0 Å². The lowest BCUT2D eigenvalue weighted by Crippen LogP contribution is -1.78. The zero-order valence-electron chi connectivity index (χ0n) is 6.42. The second-order valence-corrected chi connectivity index (χ2v) is 3.26. The first-order chi connectivity index (χ1) is 5.20. The Kier molecular flexibility index (Phi) is 19.9. The maximum Gasteiger partial charge on any atom is 0.300 e. The minimum atomic E-state index is -0.833. The molecule has 0 fully saturated rings. The summed E-state index contributed by atoms with van der Waals surface area (Å²) in [7, 11) is 0. The van der Waals surface area contributed by atoms with Crippen molar-refractivity contribution in [1.29, 1.82) is 0 Å². The van der Waals surface area contributed by atoms with E-state index in [2.05, 4.69) is 0 Å². The van der Waals surface area contributed by atoms with Crippen LogP contribution in [0.25, 0.3) is 0 Å². The molecule has 0 saturated heterocycles. The highest BCUT2D eigenvalue weighted by Gasteiger charge is 1.78. The van der Waals surface area contributed by atoms with Gasteiger partial charge >= 0.3 is 0 Å². The van der Waals surface area contributed by atoms with Gasteiger partial charge in [0.25, 0.3) is 11.9 Å². The highest BCUT2D eigenvalue weighted by molar-refractivity contribution is 6.63. The summed E-state index contributed by atoms with van der Waals surface area (Å²) in [5.74, 6) is -1.67. The fraction of sp³-hybridized carbons (Fsp3) is 0.600. The molecule has 0 heterocycles. The molecule has 0 aromatic heterocycles. The minimum Gasteiger partial charge on any atom is -0.481 e. The number of halogens is 3. The maximum absolute atomic E-state index is 9.00. The van der Waals surface area contributed by atoms with Crippen molar-refractivity contribution in [3.8, 4) is 0 Å². The molecule has 0 bridgehead atoms. The second-order valence-electron chi connectivity index (χ2n) is 1.29. The minimum absolute atomic E-state index is 0.750. The SMILES string of the molecule is CC(=O)O.CC(=O)O.ClC(Cl)Cl. The lowest BCUT2D eigenvalue weighted by molar-refractivity contribution is -0.135. The summed E-state index contributed by atoms with van der Waals surface area (Å²) < 4.78 is -0.750. The van der Waals surface area contributed by atoms with Crippen LogP contribution in [0.3, 0.4) is 0 Å². The normalized spacial score (nSPS) is 7.17. The van der Waals surface area contributed by atoms with Gasteiger partial charge in [0.15, 0.2) is 4.30 Å². The van der Waals surface area contributed by atoms with Crippen LogP contribution < -0.4 is 0 Å². The molecule has 4 nitrogen and oxygen atoms in total. The number of aliphatic carboxylic acids is 2. The van der Waals surface area contributed by atoms with Crippen molar-refractivity contribution >= 4 is 46.7 Å². The Bertz CT molecular complexity index is 103. The van der Waals surface area contributed by atoms with E-state index in [1.165, 1.54) is 0 Å². The van der Waals surface area contributed by atoms with Gasteiger partial charge < -0.3 is 10.2 Å². The zero-order valence-corrected chi connectivity index (χ0v) is 8.69. The van der Waals surface area contributed by atoms with Crippen LogP contribution in [0.15, 0.2) is 0 Å². The number of carboxylic acids is 2. The fourth-order valence-electron chi connectivity index (χ4n) is 0. The Morgan fingerprint density at radius 2 is 1.00 bits per heavy atom. The summed E-state index contributed by atoms with van der Waals surface area (Å²) in [4.78, 5) is 18.0. The summed E-state index contributed by atoms with van der Waals surface area (Å²) >= 11 is 14.4. The van der Waals surface area contributed by atoms with E-state index in [1.807, 2.05) is 0 Å². The molecule has 0 spiro atoms. The van der Waals surface area contributed by atoms with Crippen LogP contribution in [-0.2, 0) is 9.59 Å². The van der Waals surface area contributed by atoms with Crippen molar-refractivity contribution in [2.75, 3.05) is 0 Å². The first-order valence-electron chi connectivity index (χ1n) is 2.51. The molecule has 7 heteroatoms. The average Bonchev–Trinajstić information content (AvgIpc) is 1.54. The number of carbonyl (C=O) groups is 2. The fourth-order valence-corrected chi connectivity index (χ4v) is 0. The van der Waals surface area contributed by atoms with Gasteiger partial charge in [0.1, 0.15) is 0 Å². The van der Waals surface area contributed by atoms with E-state index in [-0.39, 0.29) is 0 Å². The van der Waals surface area contributed by atoms with Gasteiger partial charge in [-0.2, -0.15) is 0 Å². The number of hydrogen-bond donors (Lipinski definition) is 2. The summed E-state index contributed by atoms with van der Waals surface area (Å²) in [6.45, 7) is 2.17. The summed E-state index contributed by atoms with van der Waals surface area (Å²) in [5, 5.41) is 14.8. The molecule has 0 unspecified atom stereocenters. The molecular weight excluding hydrogens is 230 g/mol. The van der Waals surface area contributed by atoms with Crippen LogP contribution in [0.2, 0.25) is 0 Å². The monoisotopic (exact) mass is 238 g/mol. The van der Waals surface area contributed by atoms with E-state index >= 15 is 0 Å². The van der Waals surface area contributed by atoms with Crippen molar-refractivity contribution in [1.82, 2.24) is 0 Å². The Balaban J connectivity index is -0.000000101. The lowest BCUT2D eigenvalue weighted by atomic mass is 10.9. The third-order valence-electron chi connectivity index (χ3n) is 0. The standard InChI is InChI=1S/2C2H4O2.CHCl3/c2*1-2(3)4;2-1(3)4/h2*1H3,(H,3,4);1H. The number of hydrogen-bond acceptors (Lipinski definition) is 2. The summed E-state index contributed by atoms with van der Waals surface area (Å²) in [6.07, 6.45) is 0. The molecule has 0 radical (unpaired) electrons. The molecule has 2 N–H and O–H groups in total. The van der Waals surface area contributed by atoms with Crippen LogP contribution in [0.1, 0.15) is 13.8 Å². The van der Waals surface area contributed by atoms with Gasteiger partial charge in [-0.3, -0.25) is 9.59 Å². The van der Waals surface area contributed by atoms with E-state index in [0.717, 1.165) is 13.8 Å². The smallest absolute Gasteiger partial charge is 0.300 e. The van der Waals surface area contributed by atoms with Gasteiger partial charge in [0.2, 0.25) is 0 Å². The van der Waals surface area contributed by atoms with E-state index in [0.29, 0.717) is 0 Å². The highest BCUT2D eigenvalue weighted by atomic mass is 35.6. The first-order valence-corrected chi connectivity index (χ1v) is 3.82. The van der Waals surface area contributed by atoms with Crippen LogP contribution in [0.4, 0.5) is 0 Å². The second kappa shape index (κ2) is 13.4. The van der Waals surface area contributed by atoms with Crippen molar-refractivity contribution in [2.24, 2.45) is 0 Å². The van der Waals surface area contributed by atoms with Gasteiger partial charge in [-0.25, -0.2) is 0 Å². The van der Waals surface area contributed by atoms with E-state index in [1.54, 1.807) is 0 Å². The van der Waals surface area contributed by atoms with Crippen molar-refractivity contribution < 1.29 is 19.8 Å². The molecule has 0 aliphatic rings. The molecule has 0 aromatic carbocycles. The van der Waals surface area contributed by atoms with Gasteiger partial charge in [0.05, 0.1) is 0 Å². The predicted molar refractivity (Wildman–Crippen MR) is 48.0 cm³/mol. The molecule has 0 saturated carbocycles. The zero-order chi connectivity index (χ0) is 10.7. The molecule has 0 atom stereocenters. The van der Waals surface area contributed by atoms with Gasteiger partial charge in [-0.1, -0.05) is 34.8 Å². The van der Waals surface area contributed by atoms with Gasteiger partial charge in [-0.15, -0.1) is 0 Å². The number of rotatable bonds is 0. The molecule has 0 aromatic rings. The number of alkyl halides is 3. The molecular formula is C5H9Cl3O4. The van der Waals surface area contributed by atoms with E-state index in [4.69, 9.17) is 54.6 Å². The van der Waals surface area contributed by atoms with Crippen molar-refractivity contribution in [3.63, 3.8) is 0 Å².